The number of amides is 1. The molecule has 19 heavy (non-hydrogen) atoms. The third-order valence-corrected chi connectivity index (χ3v) is 4.33. The minimum absolute atomic E-state index is 0.0607. The molecule has 1 saturated heterocycles. The number of carbonyl (C=O) groups excluding carboxylic acids is 1. The van der Waals surface area contributed by atoms with Crippen LogP contribution in [0.15, 0.2) is 0 Å². The van der Waals surface area contributed by atoms with Crippen LogP contribution in [-0.2, 0) is 9.53 Å². The number of ether oxygens (including phenoxy) is 1. The lowest BCUT2D eigenvalue weighted by atomic mass is 9.95. The second-order valence-corrected chi connectivity index (χ2v) is 6.13. The van der Waals surface area contributed by atoms with E-state index in [1.807, 2.05) is 6.92 Å². The van der Waals surface area contributed by atoms with Gasteiger partial charge in [0.2, 0.25) is 5.91 Å². The Balaban J connectivity index is 1.69. The predicted molar refractivity (Wildman–Crippen MR) is 76.0 cm³/mol. The number of piperidine rings is 1. The second kappa shape index (κ2) is 7.25. The number of nitrogens with one attached hydrogen (secondary N) is 2. The largest absolute Gasteiger partial charge is 0.364 e. The van der Waals surface area contributed by atoms with Crippen LogP contribution < -0.4 is 10.6 Å². The van der Waals surface area contributed by atoms with Crippen LogP contribution in [0.25, 0.3) is 0 Å². The average Bonchev–Trinajstić information content (AvgIpc) is 2.42. The molecular formula is C15H28N2O2. The third kappa shape index (κ3) is 4.77. The van der Waals surface area contributed by atoms with Crippen LogP contribution in [0.2, 0.25) is 0 Å². The topological polar surface area (TPSA) is 50.4 Å². The zero-order chi connectivity index (χ0) is 13.7. The Morgan fingerprint density at radius 3 is 2.58 bits per heavy atom. The van der Waals surface area contributed by atoms with Gasteiger partial charge < -0.3 is 15.4 Å². The van der Waals surface area contributed by atoms with Crippen molar-refractivity contribution in [2.24, 2.45) is 0 Å². The van der Waals surface area contributed by atoms with E-state index in [0.717, 1.165) is 32.2 Å². The molecule has 1 aliphatic heterocycles. The summed E-state index contributed by atoms with van der Waals surface area (Å²) in [6, 6.07) is 0.947. The van der Waals surface area contributed by atoms with Gasteiger partial charge in [-0.15, -0.1) is 0 Å². The molecule has 0 aromatic carbocycles. The van der Waals surface area contributed by atoms with Gasteiger partial charge in [0.15, 0.2) is 0 Å². The fraction of sp³-hybridized carbons (Fsp3) is 0.933. The molecule has 4 heteroatoms. The quantitative estimate of drug-likeness (QED) is 0.819. The van der Waals surface area contributed by atoms with E-state index < -0.39 is 0 Å². The SMILES string of the molecule is CC1CCC(OC(C)C(=O)NC2CCCCC2)CN1. The molecule has 2 fully saturated rings. The van der Waals surface area contributed by atoms with Crippen molar-refractivity contribution in [3.8, 4) is 0 Å². The maximum Gasteiger partial charge on any atom is 0.249 e. The van der Waals surface area contributed by atoms with Gasteiger partial charge >= 0.3 is 0 Å². The molecule has 3 unspecified atom stereocenters. The Bertz CT molecular complexity index is 282. The molecule has 1 heterocycles. The lowest BCUT2D eigenvalue weighted by molar-refractivity contribution is -0.137. The van der Waals surface area contributed by atoms with E-state index in [4.69, 9.17) is 4.74 Å². The lowest BCUT2D eigenvalue weighted by Gasteiger charge is -2.30. The highest BCUT2D eigenvalue weighted by molar-refractivity contribution is 5.80. The van der Waals surface area contributed by atoms with Gasteiger partial charge in [-0.2, -0.15) is 0 Å². The van der Waals surface area contributed by atoms with Crippen molar-refractivity contribution in [2.45, 2.75) is 83.1 Å². The normalized spacial score (nSPS) is 30.8. The van der Waals surface area contributed by atoms with Crippen molar-refractivity contribution in [1.29, 1.82) is 0 Å². The maximum atomic E-state index is 12.1. The third-order valence-electron chi connectivity index (χ3n) is 4.33. The lowest BCUT2D eigenvalue weighted by Crippen LogP contribution is -2.47. The van der Waals surface area contributed by atoms with Gasteiger partial charge in [-0.3, -0.25) is 4.79 Å². The molecule has 2 aliphatic rings. The summed E-state index contributed by atoms with van der Waals surface area (Å²) in [6.45, 7) is 4.92. The van der Waals surface area contributed by atoms with E-state index >= 15 is 0 Å². The van der Waals surface area contributed by atoms with Gasteiger partial charge in [-0.05, 0) is 39.5 Å². The van der Waals surface area contributed by atoms with Crippen LogP contribution >= 0.6 is 0 Å². The first-order chi connectivity index (χ1) is 9.15. The molecule has 0 radical (unpaired) electrons. The molecule has 0 bridgehead atoms. The standard InChI is InChI=1S/C15H28N2O2/c1-11-8-9-14(10-16-11)19-12(2)15(18)17-13-6-4-3-5-7-13/h11-14,16H,3-10H2,1-2H3,(H,17,18). The van der Waals surface area contributed by atoms with Crippen LogP contribution in [0.3, 0.4) is 0 Å². The van der Waals surface area contributed by atoms with Gasteiger partial charge in [-0.25, -0.2) is 0 Å². The monoisotopic (exact) mass is 268 g/mol. The molecular weight excluding hydrogens is 240 g/mol. The summed E-state index contributed by atoms with van der Waals surface area (Å²) in [5, 5.41) is 6.53. The Labute approximate surface area is 116 Å². The van der Waals surface area contributed by atoms with Gasteiger partial charge in [0.25, 0.3) is 0 Å². The van der Waals surface area contributed by atoms with Crippen molar-refractivity contribution in [3.05, 3.63) is 0 Å². The minimum Gasteiger partial charge on any atom is -0.364 e. The van der Waals surface area contributed by atoms with Gasteiger partial charge in [0, 0.05) is 18.6 Å². The average molecular weight is 268 g/mol. The Hall–Kier alpha value is -0.610. The Kier molecular flexibility index (Phi) is 5.64. The summed E-state index contributed by atoms with van der Waals surface area (Å²) in [7, 11) is 0. The molecule has 110 valence electrons. The second-order valence-electron chi connectivity index (χ2n) is 6.13. The van der Waals surface area contributed by atoms with Crippen LogP contribution in [0.4, 0.5) is 0 Å². The molecule has 1 saturated carbocycles. The number of hydrogen-bond donors (Lipinski definition) is 2. The zero-order valence-electron chi connectivity index (χ0n) is 12.3. The number of carbonyl (C=O) groups is 1. The number of rotatable bonds is 4. The van der Waals surface area contributed by atoms with Crippen molar-refractivity contribution in [2.75, 3.05) is 6.54 Å². The smallest absolute Gasteiger partial charge is 0.249 e. The molecule has 2 N–H and O–H groups in total. The first-order valence-electron chi connectivity index (χ1n) is 7.84. The van der Waals surface area contributed by atoms with E-state index in [2.05, 4.69) is 17.6 Å². The molecule has 3 atom stereocenters. The van der Waals surface area contributed by atoms with Crippen LogP contribution in [0.5, 0.6) is 0 Å². The molecule has 0 aromatic rings. The fourth-order valence-corrected chi connectivity index (χ4v) is 3.00. The first-order valence-corrected chi connectivity index (χ1v) is 7.84. The summed E-state index contributed by atoms with van der Waals surface area (Å²) in [5.74, 6) is 0.0607. The first kappa shape index (κ1) is 14.8. The van der Waals surface area contributed by atoms with Crippen LogP contribution in [-0.4, -0.2) is 36.7 Å². The Morgan fingerprint density at radius 1 is 1.21 bits per heavy atom. The van der Waals surface area contributed by atoms with Crippen LogP contribution in [0.1, 0.15) is 58.8 Å². The predicted octanol–water partition coefficient (Wildman–Crippen LogP) is 1.98. The van der Waals surface area contributed by atoms with Crippen molar-refractivity contribution < 1.29 is 9.53 Å². The molecule has 1 amide bonds. The summed E-state index contributed by atoms with van der Waals surface area (Å²) in [6.07, 6.45) is 8.07. The van der Waals surface area contributed by atoms with E-state index in [1.165, 1.54) is 19.3 Å². The molecule has 0 aromatic heterocycles. The summed E-state index contributed by atoms with van der Waals surface area (Å²) < 4.78 is 5.87. The molecule has 4 nitrogen and oxygen atoms in total. The number of hydrogen-bond acceptors (Lipinski definition) is 3. The highest BCUT2D eigenvalue weighted by atomic mass is 16.5. The Morgan fingerprint density at radius 2 is 1.95 bits per heavy atom. The molecule has 1 aliphatic carbocycles. The fourth-order valence-electron chi connectivity index (χ4n) is 3.00. The van der Waals surface area contributed by atoms with Crippen molar-refractivity contribution >= 4 is 5.91 Å². The zero-order valence-corrected chi connectivity index (χ0v) is 12.3. The molecule has 2 rings (SSSR count). The highest BCUT2D eigenvalue weighted by Gasteiger charge is 2.24. The van der Waals surface area contributed by atoms with Gasteiger partial charge in [0.05, 0.1) is 6.10 Å². The van der Waals surface area contributed by atoms with Crippen molar-refractivity contribution in [3.63, 3.8) is 0 Å². The summed E-state index contributed by atoms with van der Waals surface area (Å²) in [5.41, 5.74) is 0. The summed E-state index contributed by atoms with van der Waals surface area (Å²) in [4.78, 5) is 12.1. The molecule has 0 spiro atoms. The highest BCUT2D eigenvalue weighted by Crippen LogP contribution is 2.18. The van der Waals surface area contributed by atoms with Gasteiger partial charge in [0.1, 0.15) is 6.10 Å². The van der Waals surface area contributed by atoms with Gasteiger partial charge in [-0.1, -0.05) is 19.3 Å². The van der Waals surface area contributed by atoms with E-state index in [1.54, 1.807) is 0 Å². The maximum absolute atomic E-state index is 12.1. The van der Waals surface area contributed by atoms with Crippen LogP contribution in [0, 0.1) is 0 Å². The van der Waals surface area contributed by atoms with Crippen molar-refractivity contribution in [1.82, 2.24) is 10.6 Å². The van der Waals surface area contributed by atoms with E-state index in [9.17, 15) is 4.79 Å². The summed E-state index contributed by atoms with van der Waals surface area (Å²) >= 11 is 0. The minimum atomic E-state index is -0.331. The van der Waals surface area contributed by atoms with E-state index in [0.29, 0.717) is 12.1 Å². The van der Waals surface area contributed by atoms with E-state index in [-0.39, 0.29) is 18.1 Å².